The maximum absolute atomic E-state index is 14.0. The number of nitrogen functional groups attached to an aromatic ring is 1. The number of hydrogen-bond acceptors (Lipinski definition) is 3. The Balaban J connectivity index is 3.16. The first kappa shape index (κ1) is 18.1. The summed E-state index contributed by atoms with van der Waals surface area (Å²) in [6.45, 7) is 6.51. The highest BCUT2D eigenvalue weighted by molar-refractivity contribution is 7.90. The summed E-state index contributed by atoms with van der Waals surface area (Å²) in [4.78, 5) is 0. The van der Waals surface area contributed by atoms with Crippen molar-refractivity contribution < 1.29 is 22.1 Å². The Kier molecular flexibility index (Phi) is 5.18. The van der Waals surface area contributed by atoms with Crippen LogP contribution in [0.4, 0.5) is 23.2 Å². The number of nitrogens with one attached hydrogen (secondary N) is 1. The topological polar surface area (TPSA) is 61.1 Å². The van der Waals surface area contributed by atoms with E-state index < -0.39 is 39.7 Å². The molecule has 21 heavy (non-hydrogen) atoms. The maximum Gasteiger partial charge on any atom is 0.419 e. The lowest BCUT2D eigenvalue weighted by atomic mass is 10.0. The normalized spacial score (nSPS) is 15.9. The van der Waals surface area contributed by atoms with Crippen molar-refractivity contribution in [2.75, 3.05) is 5.73 Å². The van der Waals surface area contributed by atoms with Crippen molar-refractivity contribution in [1.82, 2.24) is 4.72 Å². The monoisotopic (exact) mass is 326 g/mol. The van der Waals surface area contributed by atoms with Crippen molar-refractivity contribution >= 4 is 17.0 Å². The van der Waals surface area contributed by atoms with Gasteiger partial charge in [0.1, 0.15) is 10.6 Å². The molecule has 0 radical (unpaired) electrons. The fraction of sp³-hybridized carbons (Fsp3) is 0.538. The first-order valence-corrected chi connectivity index (χ1v) is 7.33. The highest BCUT2D eigenvalue weighted by Crippen LogP contribution is 2.36. The van der Waals surface area contributed by atoms with Gasteiger partial charge in [-0.2, -0.15) is 13.2 Å². The van der Waals surface area contributed by atoms with Crippen LogP contribution >= 0.6 is 0 Å². The van der Waals surface area contributed by atoms with Crippen LogP contribution in [0.5, 0.6) is 0 Å². The van der Waals surface area contributed by atoms with Gasteiger partial charge in [0.25, 0.3) is 0 Å². The highest BCUT2D eigenvalue weighted by atomic mass is 32.2. The molecule has 120 valence electrons. The second kappa shape index (κ2) is 6.02. The van der Waals surface area contributed by atoms with Crippen LogP contribution in [0.25, 0.3) is 0 Å². The minimum Gasteiger partial charge on any atom is -0.598 e. The van der Waals surface area contributed by atoms with Gasteiger partial charge in [0.2, 0.25) is 0 Å². The molecule has 0 heterocycles. The number of nitrogens with two attached hydrogens (primary N) is 1. The molecule has 0 saturated carbocycles. The number of hydrogen-bond donors (Lipinski definition) is 2. The van der Waals surface area contributed by atoms with Gasteiger partial charge < -0.3 is 10.3 Å². The first-order valence-electron chi connectivity index (χ1n) is 6.18. The predicted molar refractivity (Wildman–Crippen MR) is 75.3 cm³/mol. The molecule has 3 N–H and O–H groups in total. The van der Waals surface area contributed by atoms with Gasteiger partial charge in [-0.3, -0.25) is 0 Å². The summed E-state index contributed by atoms with van der Waals surface area (Å²) < 4.78 is 66.2. The Morgan fingerprint density at radius 2 is 1.76 bits per heavy atom. The summed E-state index contributed by atoms with van der Waals surface area (Å²) in [5, 5.41) is 0. The number of alkyl halides is 3. The van der Waals surface area contributed by atoms with Gasteiger partial charge in [-0.05, 0) is 39.8 Å². The molecule has 0 bridgehead atoms. The predicted octanol–water partition coefficient (Wildman–Crippen LogP) is 3.54. The fourth-order valence-electron chi connectivity index (χ4n) is 1.59. The van der Waals surface area contributed by atoms with Crippen molar-refractivity contribution in [3.8, 4) is 0 Å². The third-order valence-corrected chi connectivity index (χ3v) is 4.41. The Bertz CT molecular complexity index is 514. The maximum atomic E-state index is 14.0. The van der Waals surface area contributed by atoms with Crippen LogP contribution in [0.2, 0.25) is 0 Å². The van der Waals surface area contributed by atoms with Crippen LogP contribution in [0.1, 0.15) is 44.9 Å². The van der Waals surface area contributed by atoms with Gasteiger partial charge in [-0.15, -0.1) is 4.72 Å². The van der Waals surface area contributed by atoms with Gasteiger partial charge in [-0.1, -0.05) is 0 Å². The van der Waals surface area contributed by atoms with Gasteiger partial charge in [0, 0.05) is 22.6 Å². The summed E-state index contributed by atoms with van der Waals surface area (Å²) in [7, 11) is 0. The summed E-state index contributed by atoms with van der Waals surface area (Å²) in [5.41, 5.74) is 3.52. The summed E-state index contributed by atoms with van der Waals surface area (Å²) in [6, 6.07) is 0.781. The molecule has 0 aromatic heterocycles. The molecule has 1 aromatic carbocycles. The molecule has 8 heteroatoms. The third-order valence-electron chi connectivity index (χ3n) is 2.73. The Morgan fingerprint density at radius 3 is 2.19 bits per heavy atom. The van der Waals surface area contributed by atoms with E-state index in [1.807, 2.05) is 0 Å². The van der Waals surface area contributed by atoms with Crippen molar-refractivity contribution in [2.24, 2.45) is 0 Å². The Hall–Kier alpha value is -0.990. The summed E-state index contributed by atoms with van der Waals surface area (Å²) in [6.07, 6.45) is -4.84. The second-order valence-corrected chi connectivity index (χ2v) is 7.69. The highest BCUT2D eigenvalue weighted by Gasteiger charge is 2.37. The molecule has 1 aromatic rings. The van der Waals surface area contributed by atoms with Gasteiger partial charge in [-0.25, -0.2) is 4.39 Å². The van der Waals surface area contributed by atoms with E-state index in [1.54, 1.807) is 20.8 Å². The van der Waals surface area contributed by atoms with Crippen LogP contribution < -0.4 is 10.5 Å². The van der Waals surface area contributed by atoms with Gasteiger partial charge in [0.15, 0.2) is 0 Å². The van der Waals surface area contributed by atoms with Crippen molar-refractivity contribution in [2.45, 2.75) is 44.7 Å². The Labute approximate surface area is 124 Å². The number of halogens is 4. The average Bonchev–Trinajstić information content (AvgIpc) is 2.28. The molecule has 1 rings (SSSR count). The molecule has 0 saturated heterocycles. The van der Waals surface area contributed by atoms with Crippen molar-refractivity contribution in [3.05, 3.63) is 29.1 Å². The van der Waals surface area contributed by atoms with E-state index in [0.717, 1.165) is 6.07 Å². The van der Waals surface area contributed by atoms with Crippen molar-refractivity contribution in [3.63, 3.8) is 0 Å². The molecule has 0 fully saturated rings. The Morgan fingerprint density at radius 1 is 1.24 bits per heavy atom. The summed E-state index contributed by atoms with van der Waals surface area (Å²) in [5.74, 6) is -1.40. The van der Waals surface area contributed by atoms with Crippen molar-refractivity contribution in [1.29, 1.82) is 0 Å². The molecule has 3 nitrogen and oxygen atoms in total. The van der Waals surface area contributed by atoms with Crippen LogP contribution in [-0.2, 0) is 17.5 Å². The number of benzene rings is 1. The standard InChI is InChI=1S/C13H18F4N2OS/c1-7(19-21(20)12(2,3)4)9-5-8(18)6-10(11(9)14)13(15,16)17/h5-7,19H,18H2,1-4H3/t7?,21-/m1/s1. The minimum absolute atomic E-state index is 0.200. The second-order valence-electron chi connectivity index (χ2n) is 5.69. The van der Waals surface area contributed by atoms with E-state index in [9.17, 15) is 22.1 Å². The van der Waals surface area contributed by atoms with Crippen LogP contribution in [0, 0.1) is 5.82 Å². The number of rotatable bonds is 3. The van der Waals surface area contributed by atoms with E-state index in [4.69, 9.17) is 5.73 Å². The first-order chi connectivity index (χ1) is 9.34. The molecule has 1 unspecified atom stereocenters. The van der Waals surface area contributed by atoms with E-state index >= 15 is 0 Å². The van der Waals surface area contributed by atoms with Gasteiger partial charge >= 0.3 is 6.18 Å². The lowest BCUT2D eigenvalue weighted by Crippen LogP contribution is -2.40. The molecule has 0 amide bonds. The smallest absolute Gasteiger partial charge is 0.419 e. The third kappa shape index (κ3) is 4.49. The van der Waals surface area contributed by atoms with Crippen LogP contribution in [0.3, 0.4) is 0 Å². The average molecular weight is 326 g/mol. The zero-order valence-corrected chi connectivity index (χ0v) is 13.0. The number of anilines is 1. The SMILES string of the molecule is CC(N[S@+]([O-])C(C)(C)C)c1cc(N)cc(C(F)(F)F)c1F. The fourth-order valence-corrected chi connectivity index (χ4v) is 2.39. The van der Waals surface area contributed by atoms with E-state index in [2.05, 4.69) is 4.72 Å². The largest absolute Gasteiger partial charge is 0.598 e. The molecule has 0 aliphatic heterocycles. The molecule has 0 aliphatic rings. The molecule has 0 aliphatic carbocycles. The zero-order valence-electron chi connectivity index (χ0n) is 12.1. The minimum atomic E-state index is -4.84. The molecular weight excluding hydrogens is 308 g/mol. The van der Waals surface area contributed by atoms with Gasteiger partial charge in [0.05, 0.1) is 11.6 Å². The van der Waals surface area contributed by atoms with E-state index in [0.29, 0.717) is 6.07 Å². The lowest BCUT2D eigenvalue weighted by Gasteiger charge is -2.27. The van der Waals surface area contributed by atoms with Crippen LogP contribution in [0.15, 0.2) is 12.1 Å². The van der Waals surface area contributed by atoms with Crippen LogP contribution in [-0.4, -0.2) is 9.30 Å². The summed E-state index contributed by atoms with van der Waals surface area (Å²) >= 11 is -1.55. The molecule has 0 spiro atoms. The molecular formula is C13H18F4N2OS. The molecule has 2 atom stereocenters. The van der Waals surface area contributed by atoms with E-state index in [-0.39, 0.29) is 11.3 Å². The lowest BCUT2D eigenvalue weighted by molar-refractivity contribution is -0.140. The zero-order chi connectivity index (χ0) is 16.6. The quantitative estimate of drug-likeness (QED) is 0.507. The van der Waals surface area contributed by atoms with E-state index in [1.165, 1.54) is 6.92 Å².